The van der Waals surface area contributed by atoms with Gasteiger partial charge in [-0.05, 0) is 33.4 Å². The molecule has 0 bridgehead atoms. The fourth-order valence-electron chi connectivity index (χ4n) is 8.59. The summed E-state index contributed by atoms with van der Waals surface area (Å²) in [6.07, 6.45) is -2.80. The van der Waals surface area contributed by atoms with Crippen LogP contribution in [0, 0.1) is 0 Å². The normalized spacial score (nSPS) is 27.0. The van der Waals surface area contributed by atoms with Gasteiger partial charge in [0.1, 0.15) is 0 Å². The Morgan fingerprint density at radius 3 is 0.463 bits per heavy atom. The molecular weight excluding hydrogens is 887 g/mol. The van der Waals surface area contributed by atoms with Crippen LogP contribution in [0.25, 0.3) is 0 Å². The molecule has 67 heavy (non-hydrogen) atoms. The van der Waals surface area contributed by atoms with Crippen molar-refractivity contribution in [3.05, 3.63) is 215 Å². The molecule has 6 aromatic rings. The first-order chi connectivity index (χ1) is 32.3. The number of nitrogens with two attached hydrogens (primary N) is 6. The first-order valence-corrected chi connectivity index (χ1v) is 22.7. The van der Waals surface area contributed by atoms with Gasteiger partial charge < -0.3 is 62.8 Å². The zero-order chi connectivity index (χ0) is 46.1. The third-order valence-corrected chi connectivity index (χ3v) is 12.3. The topological polar surface area (TPSA) is 212 Å². The molecule has 13 heteroatoms. The number of hydrogen-bond acceptors (Lipinski definition) is 12. The van der Waals surface area contributed by atoms with Crippen LogP contribution < -0.4 is 34.4 Å². The molecule has 12 N–H and O–H groups in total. The van der Waals surface area contributed by atoms with Crippen molar-refractivity contribution in [2.75, 3.05) is 0 Å². The zero-order valence-corrected chi connectivity index (χ0v) is 38.7. The molecule has 2 aliphatic rings. The second-order valence-electron chi connectivity index (χ2n) is 17.0. The first-order valence-electron chi connectivity index (χ1n) is 22.7. The minimum Gasteiger partial charge on any atom is -0.370 e. The van der Waals surface area contributed by atoms with Gasteiger partial charge in [0.2, 0.25) is 0 Å². The maximum Gasteiger partial charge on any atom is 2.00 e. The smallest absolute Gasteiger partial charge is 0.370 e. The molecule has 356 valence electrons. The van der Waals surface area contributed by atoms with Crippen molar-refractivity contribution in [1.29, 1.82) is 0 Å². The summed E-state index contributed by atoms with van der Waals surface area (Å²) in [6, 6.07) is 56.8. The molecule has 8 rings (SSSR count). The Hall–Kier alpha value is -4.67. The third kappa shape index (κ3) is 14.7. The second-order valence-corrected chi connectivity index (χ2v) is 17.0. The Balaban J connectivity index is 0.000000218. The average molecular weight is 954 g/mol. The molecule has 2 fully saturated rings. The zero-order valence-electron chi connectivity index (χ0n) is 37.7. The fraction of sp³-hybridized carbons (Fsp3) is 0.333. The Morgan fingerprint density at radius 1 is 0.224 bits per heavy atom. The predicted molar refractivity (Wildman–Crippen MR) is 258 cm³/mol. The van der Waals surface area contributed by atoms with Gasteiger partial charge in [-0.1, -0.05) is 182 Å². The Labute approximate surface area is 405 Å². The molecule has 0 amide bonds. The predicted octanol–water partition coefficient (Wildman–Crippen LogP) is 5.47. The molecule has 0 aliphatic heterocycles. The van der Waals surface area contributed by atoms with Crippen molar-refractivity contribution in [2.24, 2.45) is 34.4 Å². The van der Waals surface area contributed by atoms with Gasteiger partial charge in [-0.2, -0.15) is 0 Å². The van der Waals surface area contributed by atoms with E-state index in [4.69, 9.17) is 62.8 Å². The van der Waals surface area contributed by atoms with Crippen LogP contribution in [0.5, 0.6) is 0 Å². The van der Waals surface area contributed by atoms with E-state index in [1.807, 2.05) is 182 Å². The first kappa shape index (κ1) is 51.7. The van der Waals surface area contributed by atoms with Gasteiger partial charge >= 0.3 is 16.5 Å². The maximum atomic E-state index is 6.64. The molecule has 0 aromatic heterocycles. The minimum atomic E-state index is -0.487. The summed E-state index contributed by atoms with van der Waals surface area (Å²) in [6.45, 7) is 2.41. The van der Waals surface area contributed by atoms with Crippen LogP contribution in [0.2, 0.25) is 0 Å². The Morgan fingerprint density at radius 2 is 0.343 bits per heavy atom. The van der Waals surface area contributed by atoms with E-state index in [9.17, 15) is 0 Å². The molecule has 2 saturated carbocycles. The largest absolute Gasteiger partial charge is 2.00 e. The van der Waals surface area contributed by atoms with Crippen LogP contribution >= 0.6 is 0 Å². The van der Waals surface area contributed by atoms with Gasteiger partial charge in [0, 0.05) is 0 Å². The summed E-state index contributed by atoms with van der Waals surface area (Å²) in [5.74, 6) is 0. The van der Waals surface area contributed by atoms with Gasteiger partial charge in [-0.3, -0.25) is 0 Å². The quantitative estimate of drug-likeness (QED) is 0.0593. The molecule has 0 unspecified atom stereocenters. The minimum absolute atomic E-state index is 0. The van der Waals surface area contributed by atoms with Crippen molar-refractivity contribution >= 4 is 0 Å². The second kappa shape index (κ2) is 26.8. The molecule has 0 heterocycles. The molecule has 0 radical (unpaired) electrons. The van der Waals surface area contributed by atoms with Gasteiger partial charge in [0.15, 0.2) is 0 Å². The molecule has 2 aliphatic carbocycles. The van der Waals surface area contributed by atoms with E-state index in [2.05, 4.69) is 0 Å². The number of hydrogen-bond donors (Lipinski definition) is 6. The summed E-state index contributed by atoms with van der Waals surface area (Å²) in [7, 11) is 0. The number of ether oxygens (including phenoxy) is 6. The van der Waals surface area contributed by atoms with Gasteiger partial charge in [0.05, 0.1) is 113 Å². The van der Waals surface area contributed by atoms with Crippen LogP contribution in [0.4, 0.5) is 0 Å². The van der Waals surface area contributed by atoms with E-state index < -0.39 is 72.9 Å². The van der Waals surface area contributed by atoms with Gasteiger partial charge in [-0.15, -0.1) is 0 Å². The Bertz CT molecular complexity index is 1810. The van der Waals surface area contributed by atoms with E-state index in [-0.39, 0.29) is 16.5 Å². The van der Waals surface area contributed by atoms with Crippen LogP contribution in [0.3, 0.4) is 0 Å². The summed E-state index contributed by atoms with van der Waals surface area (Å²) >= 11 is 0. The van der Waals surface area contributed by atoms with Crippen molar-refractivity contribution in [3.8, 4) is 0 Å². The van der Waals surface area contributed by atoms with Crippen molar-refractivity contribution < 1.29 is 44.9 Å². The van der Waals surface area contributed by atoms with E-state index in [1.54, 1.807) is 0 Å². The molecule has 0 saturated heterocycles. The monoisotopic (exact) mass is 952 g/mol. The fourth-order valence-corrected chi connectivity index (χ4v) is 8.59. The van der Waals surface area contributed by atoms with Crippen LogP contribution in [-0.4, -0.2) is 72.9 Å². The van der Waals surface area contributed by atoms with Crippen molar-refractivity contribution in [3.63, 3.8) is 0 Å². The number of benzene rings is 6. The molecule has 6 aromatic carbocycles. The van der Waals surface area contributed by atoms with Crippen LogP contribution in [0.15, 0.2) is 182 Å². The van der Waals surface area contributed by atoms with Crippen molar-refractivity contribution in [1.82, 2.24) is 0 Å². The summed E-state index contributed by atoms with van der Waals surface area (Å²) in [5, 5.41) is 0. The van der Waals surface area contributed by atoms with Gasteiger partial charge in [0.25, 0.3) is 0 Å². The molecular formula is C54H66N6NiO6+2. The summed E-state index contributed by atoms with van der Waals surface area (Å²) in [5.41, 5.74) is 46.1. The van der Waals surface area contributed by atoms with Crippen LogP contribution in [-0.2, 0) is 84.6 Å². The van der Waals surface area contributed by atoms with Crippen molar-refractivity contribution in [2.45, 2.75) is 113 Å². The Kier molecular flexibility index (Phi) is 20.7. The standard InChI is InChI=1S/2C27H33N3O3.Ni/c2*28-22-25(31-16-19-10-4-1-5-11-19)23(29)27(33-18-21-14-8-3-9-15-21)24(30)26(22)32-17-20-12-6-2-7-13-20;/h2*1-15,22-27H,16-18,28-30H2;/q;;+2. The summed E-state index contributed by atoms with van der Waals surface area (Å²) in [4.78, 5) is 0. The van der Waals surface area contributed by atoms with Crippen LogP contribution in [0.1, 0.15) is 33.4 Å². The van der Waals surface area contributed by atoms with E-state index in [0.717, 1.165) is 33.4 Å². The van der Waals surface area contributed by atoms with E-state index in [0.29, 0.717) is 39.6 Å². The average Bonchev–Trinajstić information content (AvgIpc) is 3.36. The van der Waals surface area contributed by atoms with Gasteiger partial charge in [-0.25, -0.2) is 0 Å². The molecule has 12 nitrogen and oxygen atoms in total. The SMILES string of the molecule is NC1C(OCc2ccccc2)C(N)C(OCc2ccccc2)C(N)C1OCc1ccccc1.NC1C(OCc2ccccc2)C(N)C(OCc2ccccc2)C(N)C1OCc1ccccc1.[Ni+2]. The molecule has 0 atom stereocenters. The summed E-state index contributed by atoms with van der Waals surface area (Å²) < 4.78 is 37.4. The van der Waals surface area contributed by atoms with E-state index >= 15 is 0 Å². The third-order valence-electron chi connectivity index (χ3n) is 12.3. The number of rotatable bonds is 18. The molecule has 0 spiro atoms. The maximum absolute atomic E-state index is 6.64. The van der Waals surface area contributed by atoms with E-state index in [1.165, 1.54) is 0 Å².